The van der Waals surface area contributed by atoms with E-state index in [9.17, 15) is 4.79 Å². The van der Waals surface area contributed by atoms with Crippen LogP contribution < -0.4 is 15.4 Å². The Kier molecular flexibility index (Phi) is 6.59. The maximum atomic E-state index is 11.8. The summed E-state index contributed by atoms with van der Waals surface area (Å²) in [6.07, 6.45) is 1.60. The summed E-state index contributed by atoms with van der Waals surface area (Å²) >= 11 is 5.88. The van der Waals surface area contributed by atoms with Gasteiger partial charge in [-0.05, 0) is 54.1 Å². The van der Waals surface area contributed by atoms with E-state index in [1.54, 1.807) is 18.2 Å². The molecule has 0 atom stereocenters. The molecule has 1 heterocycles. The predicted octanol–water partition coefficient (Wildman–Crippen LogP) is 4.37. The number of hydrogen-bond acceptors (Lipinski definition) is 5. The van der Waals surface area contributed by atoms with Crippen molar-refractivity contribution >= 4 is 29.0 Å². The predicted molar refractivity (Wildman–Crippen MR) is 110 cm³/mol. The van der Waals surface area contributed by atoms with Gasteiger partial charge in [0.1, 0.15) is 12.4 Å². The van der Waals surface area contributed by atoms with E-state index in [0.29, 0.717) is 24.0 Å². The molecule has 0 aliphatic rings. The average molecular weight is 395 g/mol. The second-order valence-corrected chi connectivity index (χ2v) is 6.30. The van der Waals surface area contributed by atoms with Crippen LogP contribution in [-0.4, -0.2) is 22.6 Å². The first kappa shape index (κ1) is 19.4. The van der Waals surface area contributed by atoms with Crippen molar-refractivity contribution in [3.63, 3.8) is 0 Å². The summed E-state index contributed by atoms with van der Waals surface area (Å²) in [6, 6.07) is 18.3. The molecule has 1 aromatic heterocycles. The van der Waals surface area contributed by atoms with Crippen molar-refractivity contribution in [1.82, 2.24) is 15.5 Å². The lowest BCUT2D eigenvalue weighted by Crippen LogP contribution is -2.24. The molecule has 6 nitrogen and oxygen atoms in total. The molecular formula is C21H19ClN4O2. The number of hydrogen-bond donors (Lipinski definition) is 2. The summed E-state index contributed by atoms with van der Waals surface area (Å²) in [5.41, 5.74) is 2.12. The van der Waals surface area contributed by atoms with Gasteiger partial charge in [0.25, 0.3) is 5.91 Å². The molecule has 7 heteroatoms. The Bertz CT molecular complexity index is 926. The maximum absolute atomic E-state index is 11.8. The number of halogens is 1. The van der Waals surface area contributed by atoms with E-state index in [0.717, 1.165) is 17.0 Å². The zero-order valence-corrected chi connectivity index (χ0v) is 15.8. The van der Waals surface area contributed by atoms with Gasteiger partial charge >= 0.3 is 0 Å². The molecule has 3 aromatic rings. The summed E-state index contributed by atoms with van der Waals surface area (Å²) in [6.45, 7) is 4.39. The van der Waals surface area contributed by atoms with Crippen molar-refractivity contribution < 1.29 is 9.53 Å². The Morgan fingerprint density at radius 2 is 1.79 bits per heavy atom. The van der Waals surface area contributed by atoms with Crippen LogP contribution in [0.25, 0.3) is 0 Å². The molecule has 0 fully saturated rings. The number of carbonyl (C=O) groups excluding carboxylic acids is 1. The van der Waals surface area contributed by atoms with Crippen molar-refractivity contribution in [2.75, 3.05) is 11.9 Å². The maximum Gasteiger partial charge on any atom is 0.272 e. The zero-order chi connectivity index (χ0) is 19.8. The number of anilines is 2. The van der Waals surface area contributed by atoms with Gasteiger partial charge in [0.2, 0.25) is 0 Å². The quantitative estimate of drug-likeness (QED) is 0.555. The fourth-order valence-corrected chi connectivity index (χ4v) is 2.43. The van der Waals surface area contributed by atoms with Gasteiger partial charge < -0.3 is 15.4 Å². The van der Waals surface area contributed by atoms with Crippen molar-refractivity contribution in [2.24, 2.45) is 0 Å². The molecule has 2 aromatic carbocycles. The van der Waals surface area contributed by atoms with E-state index in [2.05, 4.69) is 27.4 Å². The number of benzene rings is 2. The minimum absolute atomic E-state index is 0.248. The van der Waals surface area contributed by atoms with Crippen LogP contribution in [0.5, 0.6) is 5.75 Å². The van der Waals surface area contributed by atoms with Gasteiger partial charge in [0, 0.05) is 17.3 Å². The molecule has 0 saturated heterocycles. The van der Waals surface area contributed by atoms with Crippen LogP contribution in [0, 0.1) is 0 Å². The van der Waals surface area contributed by atoms with E-state index < -0.39 is 0 Å². The minimum atomic E-state index is -0.291. The highest BCUT2D eigenvalue weighted by Gasteiger charge is 2.07. The number of carbonyl (C=O) groups is 1. The lowest BCUT2D eigenvalue weighted by molar-refractivity contribution is 0.0952. The highest BCUT2D eigenvalue weighted by Crippen LogP contribution is 2.20. The second-order valence-electron chi connectivity index (χ2n) is 5.87. The van der Waals surface area contributed by atoms with E-state index in [4.69, 9.17) is 16.3 Å². The van der Waals surface area contributed by atoms with Crippen LogP contribution in [0.1, 0.15) is 16.1 Å². The smallest absolute Gasteiger partial charge is 0.272 e. The van der Waals surface area contributed by atoms with Gasteiger partial charge in [-0.2, -0.15) is 0 Å². The van der Waals surface area contributed by atoms with E-state index in [-0.39, 0.29) is 11.6 Å². The number of ether oxygens (including phenoxy) is 1. The second kappa shape index (κ2) is 9.53. The van der Waals surface area contributed by atoms with Crippen molar-refractivity contribution in [3.8, 4) is 5.75 Å². The van der Waals surface area contributed by atoms with Crippen LogP contribution in [0.3, 0.4) is 0 Å². The largest absolute Gasteiger partial charge is 0.489 e. The van der Waals surface area contributed by atoms with Crippen molar-refractivity contribution in [2.45, 2.75) is 6.61 Å². The summed E-state index contributed by atoms with van der Waals surface area (Å²) in [7, 11) is 0. The molecule has 0 saturated carbocycles. The topological polar surface area (TPSA) is 76.1 Å². The first-order chi connectivity index (χ1) is 13.6. The van der Waals surface area contributed by atoms with E-state index in [1.165, 1.54) is 0 Å². The highest BCUT2D eigenvalue weighted by atomic mass is 35.5. The summed E-state index contributed by atoms with van der Waals surface area (Å²) in [5.74, 6) is 0.997. The number of nitrogens with zero attached hydrogens (tertiary/aromatic N) is 2. The van der Waals surface area contributed by atoms with Crippen LogP contribution in [0.2, 0.25) is 5.02 Å². The third-order valence-electron chi connectivity index (χ3n) is 3.75. The Hall–Kier alpha value is -3.38. The van der Waals surface area contributed by atoms with Gasteiger partial charge in [-0.3, -0.25) is 4.79 Å². The Balaban J connectivity index is 1.54. The number of amides is 1. The molecule has 0 aliphatic carbocycles. The average Bonchev–Trinajstić information content (AvgIpc) is 2.73. The van der Waals surface area contributed by atoms with E-state index >= 15 is 0 Å². The summed E-state index contributed by atoms with van der Waals surface area (Å²) in [5, 5.41) is 14.4. The Labute approximate surface area is 168 Å². The normalized spacial score (nSPS) is 10.2. The molecule has 0 aliphatic heterocycles. The van der Waals surface area contributed by atoms with Gasteiger partial charge in [0.15, 0.2) is 11.5 Å². The van der Waals surface area contributed by atoms with Crippen molar-refractivity contribution in [3.05, 3.63) is 89.6 Å². The third kappa shape index (κ3) is 5.56. The molecule has 142 valence electrons. The zero-order valence-electron chi connectivity index (χ0n) is 15.1. The molecule has 0 radical (unpaired) electrons. The molecule has 0 unspecified atom stereocenters. The molecule has 1 amide bonds. The van der Waals surface area contributed by atoms with Crippen LogP contribution >= 0.6 is 11.6 Å². The Morgan fingerprint density at radius 3 is 2.43 bits per heavy atom. The fraction of sp³-hybridized carbons (Fsp3) is 0.0952. The van der Waals surface area contributed by atoms with Crippen LogP contribution in [0.15, 0.2) is 73.3 Å². The molecule has 2 N–H and O–H groups in total. The number of nitrogens with one attached hydrogen (secondary N) is 2. The summed E-state index contributed by atoms with van der Waals surface area (Å²) < 4.78 is 5.76. The van der Waals surface area contributed by atoms with Crippen molar-refractivity contribution in [1.29, 1.82) is 0 Å². The lowest BCUT2D eigenvalue weighted by Gasteiger charge is -2.09. The number of rotatable bonds is 8. The third-order valence-corrected chi connectivity index (χ3v) is 4.00. The highest BCUT2D eigenvalue weighted by molar-refractivity contribution is 6.30. The van der Waals surface area contributed by atoms with Gasteiger partial charge in [0.05, 0.1) is 0 Å². The van der Waals surface area contributed by atoms with Gasteiger partial charge in [-0.15, -0.1) is 16.8 Å². The van der Waals surface area contributed by atoms with Crippen LogP contribution in [-0.2, 0) is 6.61 Å². The van der Waals surface area contributed by atoms with Gasteiger partial charge in [-0.25, -0.2) is 0 Å². The minimum Gasteiger partial charge on any atom is -0.489 e. The molecule has 3 rings (SSSR count). The lowest BCUT2D eigenvalue weighted by atomic mass is 10.2. The van der Waals surface area contributed by atoms with E-state index in [1.807, 2.05) is 48.5 Å². The fourth-order valence-electron chi connectivity index (χ4n) is 2.31. The molecular weight excluding hydrogens is 376 g/mol. The van der Waals surface area contributed by atoms with Gasteiger partial charge in [-0.1, -0.05) is 29.8 Å². The monoisotopic (exact) mass is 394 g/mol. The summed E-state index contributed by atoms with van der Waals surface area (Å²) in [4.78, 5) is 11.8. The standard InChI is InChI=1S/C21H19ClN4O2/c1-2-13-23-21(27)19-11-12-20(26-25-19)24-17-7-9-18(10-8-17)28-14-15-3-5-16(22)6-4-15/h2-12H,1,13-14H2,(H,23,27)(H,24,26). The first-order valence-corrected chi connectivity index (χ1v) is 8.99. The molecule has 0 spiro atoms. The molecule has 28 heavy (non-hydrogen) atoms. The SMILES string of the molecule is C=CCNC(=O)c1ccc(Nc2ccc(OCc3ccc(Cl)cc3)cc2)nn1. The number of aromatic nitrogens is 2. The Morgan fingerprint density at radius 1 is 1.04 bits per heavy atom. The van der Waals surface area contributed by atoms with Crippen LogP contribution in [0.4, 0.5) is 11.5 Å². The molecule has 0 bridgehead atoms. The first-order valence-electron chi connectivity index (χ1n) is 8.61.